The highest BCUT2D eigenvalue weighted by Gasteiger charge is 2.27. The molecule has 2 rings (SSSR count). The van der Waals surface area contributed by atoms with Crippen molar-refractivity contribution < 1.29 is 9.59 Å². The average Bonchev–Trinajstić information content (AvgIpc) is 2.05. The normalized spacial score (nSPS) is 33.7. The Kier molecular flexibility index (Phi) is 1.68. The van der Waals surface area contributed by atoms with Crippen LogP contribution in [0.15, 0.2) is 24.3 Å². The van der Waals surface area contributed by atoms with Crippen LogP contribution in [0.3, 0.4) is 0 Å². The molecule has 12 heavy (non-hydrogen) atoms. The van der Waals surface area contributed by atoms with Gasteiger partial charge in [-0.2, -0.15) is 0 Å². The van der Waals surface area contributed by atoms with E-state index < -0.39 is 0 Å². The zero-order valence-corrected chi connectivity index (χ0v) is 6.69. The monoisotopic (exact) mass is 162 g/mol. The Bertz CT molecular complexity index is 256. The third kappa shape index (κ3) is 1.24. The Balaban J connectivity index is 2.24. The van der Waals surface area contributed by atoms with Gasteiger partial charge in [-0.15, -0.1) is 0 Å². The fourth-order valence-electron chi connectivity index (χ4n) is 1.79. The molecule has 0 heterocycles. The zero-order chi connectivity index (χ0) is 8.55. The van der Waals surface area contributed by atoms with Crippen LogP contribution < -0.4 is 0 Å². The van der Waals surface area contributed by atoms with E-state index in [4.69, 9.17) is 0 Å². The number of carbonyl (C=O) groups is 2. The van der Waals surface area contributed by atoms with E-state index in [-0.39, 0.29) is 23.4 Å². The second-order valence-corrected chi connectivity index (χ2v) is 3.39. The van der Waals surface area contributed by atoms with Crippen LogP contribution >= 0.6 is 0 Å². The minimum absolute atomic E-state index is 0.176. The van der Waals surface area contributed by atoms with Gasteiger partial charge in [0, 0.05) is 12.8 Å². The van der Waals surface area contributed by atoms with Crippen LogP contribution in [-0.2, 0) is 9.59 Å². The number of ketones is 2. The molecule has 0 aromatic heterocycles. The fourth-order valence-corrected chi connectivity index (χ4v) is 1.79. The van der Waals surface area contributed by atoms with Crippen LogP contribution in [0.5, 0.6) is 0 Å². The molecule has 0 aromatic carbocycles. The van der Waals surface area contributed by atoms with Crippen molar-refractivity contribution in [3.63, 3.8) is 0 Å². The van der Waals surface area contributed by atoms with Gasteiger partial charge in [-0.25, -0.2) is 0 Å². The Morgan fingerprint density at radius 2 is 1.33 bits per heavy atom. The maximum Gasteiger partial charge on any atom is 0.155 e. The summed E-state index contributed by atoms with van der Waals surface area (Å²) in [4.78, 5) is 22.0. The number of hydrogen-bond donors (Lipinski definition) is 0. The first-order chi connectivity index (χ1) is 5.75. The molecule has 2 aliphatic rings. The molecular formula is C10H10O2. The fraction of sp³-hybridized carbons (Fsp3) is 0.400. The van der Waals surface area contributed by atoms with Gasteiger partial charge in [0.1, 0.15) is 0 Å². The summed E-state index contributed by atoms with van der Waals surface area (Å²) in [6.45, 7) is 0. The number of rotatable bonds is 0. The van der Waals surface area contributed by atoms with E-state index in [1.165, 1.54) is 0 Å². The molecule has 0 aromatic rings. The first-order valence-corrected chi connectivity index (χ1v) is 4.18. The lowest BCUT2D eigenvalue weighted by Crippen LogP contribution is -2.24. The van der Waals surface area contributed by atoms with E-state index in [0.29, 0.717) is 12.8 Å². The second kappa shape index (κ2) is 2.70. The van der Waals surface area contributed by atoms with Crippen LogP contribution in [0.4, 0.5) is 0 Å². The second-order valence-electron chi connectivity index (χ2n) is 3.39. The van der Waals surface area contributed by atoms with Gasteiger partial charge in [0.25, 0.3) is 0 Å². The summed E-state index contributed by atoms with van der Waals surface area (Å²) in [6, 6.07) is 0. The Hall–Kier alpha value is -1.18. The molecule has 0 unspecified atom stereocenters. The summed E-state index contributed by atoms with van der Waals surface area (Å²) >= 11 is 0. The van der Waals surface area contributed by atoms with E-state index in [0.717, 1.165) is 0 Å². The highest BCUT2D eigenvalue weighted by atomic mass is 16.1. The van der Waals surface area contributed by atoms with Crippen molar-refractivity contribution >= 4 is 11.6 Å². The van der Waals surface area contributed by atoms with Gasteiger partial charge in [-0.3, -0.25) is 9.59 Å². The maximum absolute atomic E-state index is 11.0. The molecule has 0 N–H and O–H groups in total. The lowest BCUT2D eigenvalue weighted by Gasteiger charge is -2.26. The predicted octanol–water partition coefficient (Wildman–Crippen LogP) is 1.28. The molecule has 0 radical (unpaired) electrons. The van der Waals surface area contributed by atoms with E-state index in [1.54, 1.807) is 12.2 Å². The summed E-state index contributed by atoms with van der Waals surface area (Å²) in [5.74, 6) is 0.908. The number of fused-ring (bicyclic) bond motifs is 1. The smallest absolute Gasteiger partial charge is 0.155 e. The minimum Gasteiger partial charge on any atom is -0.295 e. The van der Waals surface area contributed by atoms with Gasteiger partial charge >= 0.3 is 0 Å². The molecule has 0 saturated heterocycles. The Morgan fingerprint density at radius 3 is 1.75 bits per heavy atom. The van der Waals surface area contributed by atoms with Crippen molar-refractivity contribution in [3.05, 3.63) is 24.3 Å². The van der Waals surface area contributed by atoms with E-state index in [9.17, 15) is 9.59 Å². The summed E-state index contributed by atoms with van der Waals surface area (Å²) in [5, 5.41) is 0. The van der Waals surface area contributed by atoms with Gasteiger partial charge in [0.05, 0.1) is 0 Å². The number of carbonyl (C=O) groups excluding carboxylic acids is 2. The summed E-state index contributed by atoms with van der Waals surface area (Å²) in [6.07, 6.45) is 8.10. The molecule has 0 amide bonds. The lowest BCUT2D eigenvalue weighted by atomic mass is 9.77. The van der Waals surface area contributed by atoms with Gasteiger partial charge in [0.15, 0.2) is 11.6 Å². The van der Waals surface area contributed by atoms with Crippen LogP contribution in [0, 0.1) is 11.8 Å². The SMILES string of the molecule is O=C1C=C[C@@H]2CC(=O)C=C[C@@H]2C1. The molecule has 2 atom stereocenters. The third-order valence-electron chi connectivity index (χ3n) is 2.48. The molecule has 0 bridgehead atoms. The molecular weight excluding hydrogens is 152 g/mol. The number of hydrogen-bond acceptors (Lipinski definition) is 2. The Morgan fingerprint density at radius 1 is 0.917 bits per heavy atom. The van der Waals surface area contributed by atoms with Crippen molar-refractivity contribution in [2.75, 3.05) is 0 Å². The molecule has 2 nitrogen and oxygen atoms in total. The van der Waals surface area contributed by atoms with Gasteiger partial charge in [-0.1, -0.05) is 12.2 Å². The number of allylic oxidation sites excluding steroid dienone is 4. The van der Waals surface area contributed by atoms with Gasteiger partial charge in [-0.05, 0) is 24.0 Å². The lowest BCUT2D eigenvalue weighted by molar-refractivity contribution is -0.119. The van der Waals surface area contributed by atoms with E-state index in [1.807, 2.05) is 12.2 Å². The topological polar surface area (TPSA) is 34.1 Å². The van der Waals surface area contributed by atoms with E-state index >= 15 is 0 Å². The highest BCUT2D eigenvalue weighted by Crippen LogP contribution is 2.30. The maximum atomic E-state index is 11.0. The first kappa shape index (κ1) is 7.47. The standard InChI is InChI=1S/C10H10O2/c11-9-3-1-7-5-10(12)4-2-8(7)6-9/h1-4,7-8H,5-6H2/t7-,8-/m1/s1. The highest BCUT2D eigenvalue weighted by molar-refractivity contribution is 5.94. The van der Waals surface area contributed by atoms with Crippen molar-refractivity contribution in [1.82, 2.24) is 0 Å². The van der Waals surface area contributed by atoms with Crippen LogP contribution in [0.2, 0.25) is 0 Å². The molecule has 0 fully saturated rings. The summed E-state index contributed by atoms with van der Waals surface area (Å²) in [5.41, 5.74) is 0. The van der Waals surface area contributed by atoms with E-state index in [2.05, 4.69) is 0 Å². The van der Waals surface area contributed by atoms with Gasteiger partial charge < -0.3 is 0 Å². The molecule has 2 heteroatoms. The molecule has 0 aliphatic heterocycles. The molecule has 0 spiro atoms. The quantitative estimate of drug-likeness (QED) is 0.537. The predicted molar refractivity (Wildman–Crippen MR) is 44.5 cm³/mol. The van der Waals surface area contributed by atoms with Gasteiger partial charge in [0.2, 0.25) is 0 Å². The first-order valence-electron chi connectivity index (χ1n) is 4.18. The summed E-state index contributed by atoms with van der Waals surface area (Å²) in [7, 11) is 0. The minimum atomic E-state index is 0.176. The average molecular weight is 162 g/mol. The molecule has 0 saturated carbocycles. The van der Waals surface area contributed by atoms with Crippen LogP contribution in [-0.4, -0.2) is 11.6 Å². The largest absolute Gasteiger partial charge is 0.295 e. The van der Waals surface area contributed by atoms with Crippen molar-refractivity contribution in [3.8, 4) is 0 Å². The van der Waals surface area contributed by atoms with Crippen molar-refractivity contribution in [1.29, 1.82) is 0 Å². The van der Waals surface area contributed by atoms with Crippen molar-refractivity contribution in [2.45, 2.75) is 12.8 Å². The van der Waals surface area contributed by atoms with Crippen LogP contribution in [0.1, 0.15) is 12.8 Å². The van der Waals surface area contributed by atoms with Crippen LogP contribution in [0.25, 0.3) is 0 Å². The third-order valence-corrected chi connectivity index (χ3v) is 2.48. The zero-order valence-electron chi connectivity index (χ0n) is 6.69. The molecule has 2 aliphatic carbocycles. The molecule has 62 valence electrons. The Labute approximate surface area is 71.0 Å². The summed E-state index contributed by atoms with van der Waals surface area (Å²) < 4.78 is 0. The van der Waals surface area contributed by atoms with Crippen molar-refractivity contribution in [2.24, 2.45) is 11.8 Å².